The molecule has 0 atom stereocenters. The summed E-state index contributed by atoms with van der Waals surface area (Å²) in [6.07, 6.45) is 0.878. The smallest absolute Gasteiger partial charge is 0.335 e. The zero-order valence-electron chi connectivity index (χ0n) is 13.1. The third kappa shape index (κ3) is 3.86. The van der Waals surface area contributed by atoms with E-state index in [0.29, 0.717) is 5.56 Å². The van der Waals surface area contributed by atoms with Crippen LogP contribution in [0.15, 0.2) is 24.3 Å². The van der Waals surface area contributed by atoms with E-state index < -0.39 is 5.97 Å². The molecule has 0 unspecified atom stereocenters. The molecule has 2 heterocycles. The van der Waals surface area contributed by atoms with Crippen LogP contribution < -0.4 is 4.90 Å². The van der Waals surface area contributed by atoms with Gasteiger partial charge in [0.25, 0.3) is 0 Å². The summed E-state index contributed by atoms with van der Waals surface area (Å²) in [7, 11) is 0. The minimum absolute atomic E-state index is 0.335. The minimum Gasteiger partial charge on any atom is -0.478 e. The quantitative estimate of drug-likeness (QED) is 0.904. The maximum Gasteiger partial charge on any atom is 0.335 e. The molecule has 1 aliphatic rings. The first-order valence-corrected chi connectivity index (χ1v) is 8.55. The highest BCUT2D eigenvalue weighted by Crippen LogP contribution is 2.20. The minimum atomic E-state index is -0.881. The number of carboxylic acids is 1. The molecule has 6 nitrogen and oxygen atoms in total. The number of rotatable bonds is 5. The Morgan fingerprint density at radius 1 is 1.22 bits per heavy atom. The molecule has 0 saturated carbocycles. The van der Waals surface area contributed by atoms with Crippen LogP contribution in [0.3, 0.4) is 0 Å². The molecule has 2 aromatic rings. The van der Waals surface area contributed by atoms with Gasteiger partial charge < -0.3 is 10.0 Å². The number of aromatic carboxylic acids is 1. The molecule has 1 fully saturated rings. The molecular formula is C16H20N4O2S. The second-order valence-electron chi connectivity index (χ2n) is 5.61. The van der Waals surface area contributed by atoms with Crippen LogP contribution in [0.2, 0.25) is 0 Å². The normalized spacial score (nSPS) is 15.8. The molecule has 0 radical (unpaired) electrons. The number of piperazine rings is 1. The lowest BCUT2D eigenvalue weighted by atomic mass is 10.1. The van der Waals surface area contributed by atoms with Crippen molar-refractivity contribution in [3.05, 3.63) is 41.2 Å². The molecule has 122 valence electrons. The number of carboxylic acid groups (broad SMARTS) is 1. The first-order valence-electron chi connectivity index (χ1n) is 7.78. The van der Waals surface area contributed by atoms with E-state index in [1.165, 1.54) is 11.5 Å². The first-order chi connectivity index (χ1) is 11.2. The molecule has 0 aliphatic carbocycles. The third-order valence-corrected chi connectivity index (χ3v) is 4.84. The van der Waals surface area contributed by atoms with Gasteiger partial charge in [0.2, 0.25) is 5.13 Å². The summed E-state index contributed by atoms with van der Waals surface area (Å²) in [6.45, 7) is 6.77. The van der Waals surface area contributed by atoms with Crippen molar-refractivity contribution in [3.63, 3.8) is 0 Å². The highest BCUT2D eigenvalue weighted by molar-refractivity contribution is 7.09. The van der Waals surface area contributed by atoms with E-state index in [-0.39, 0.29) is 0 Å². The van der Waals surface area contributed by atoms with Gasteiger partial charge in [0, 0.05) is 50.7 Å². The summed E-state index contributed by atoms with van der Waals surface area (Å²) in [5.41, 5.74) is 1.48. The van der Waals surface area contributed by atoms with Crippen molar-refractivity contribution < 1.29 is 9.90 Å². The lowest BCUT2D eigenvalue weighted by Crippen LogP contribution is -2.45. The van der Waals surface area contributed by atoms with Gasteiger partial charge in [-0.25, -0.2) is 9.78 Å². The van der Waals surface area contributed by atoms with Crippen molar-refractivity contribution in [1.82, 2.24) is 14.3 Å². The molecule has 0 spiro atoms. The van der Waals surface area contributed by atoms with Gasteiger partial charge in [0.15, 0.2) is 0 Å². The number of benzene rings is 1. The van der Waals surface area contributed by atoms with Crippen molar-refractivity contribution in [2.45, 2.75) is 19.9 Å². The highest BCUT2D eigenvalue weighted by Gasteiger charge is 2.20. The Labute approximate surface area is 139 Å². The van der Waals surface area contributed by atoms with Crippen LogP contribution in [0.5, 0.6) is 0 Å². The number of anilines is 1. The van der Waals surface area contributed by atoms with Crippen molar-refractivity contribution in [2.75, 3.05) is 31.1 Å². The summed E-state index contributed by atoms with van der Waals surface area (Å²) in [5.74, 6) is 0.0413. The van der Waals surface area contributed by atoms with Crippen LogP contribution in [0.1, 0.15) is 28.7 Å². The van der Waals surface area contributed by atoms with E-state index in [0.717, 1.165) is 55.7 Å². The molecule has 1 aromatic heterocycles. The largest absolute Gasteiger partial charge is 0.478 e. The SMILES string of the molecule is CCc1nsc(N2CCN(Cc3ccc(C(=O)O)cc3)CC2)n1. The zero-order valence-corrected chi connectivity index (χ0v) is 13.9. The van der Waals surface area contributed by atoms with Crippen LogP contribution in [0, 0.1) is 0 Å². The Kier molecular flexibility index (Phi) is 4.88. The Morgan fingerprint density at radius 2 is 1.91 bits per heavy atom. The molecule has 7 heteroatoms. The van der Waals surface area contributed by atoms with Gasteiger partial charge >= 0.3 is 5.97 Å². The van der Waals surface area contributed by atoms with Gasteiger partial charge in [0.05, 0.1) is 5.56 Å². The fourth-order valence-electron chi connectivity index (χ4n) is 2.62. The third-order valence-electron chi connectivity index (χ3n) is 4.02. The lowest BCUT2D eigenvalue weighted by Gasteiger charge is -2.34. The second kappa shape index (κ2) is 7.06. The molecule has 1 N–H and O–H groups in total. The lowest BCUT2D eigenvalue weighted by molar-refractivity contribution is 0.0697. The maximum absolute atomic E-state index is 10.9. The molecule has 1 aliphatic heterocycles. The standard InChI is InChI=1S/C16H20N4O2S/c1-2-14-17-16(23-18-14)20-9-7-19(8-10-20)11-12-3-5-13(6-4-12)15(21)22/h3-6H,2,7-11H2,1H3,(H,21,22). The average Bonchev–Trinajstić information content (AvgIpc) is 3.05. The number of aromatic nitrogens is 2. The fraction of sp³-hybridized carbons (Fsp3) is 0.438. The van der Waals surface area contributed by atoms with Crippen LogP contribution >= 0.6 is 11.5 Å². The summed E-state index contributed by atoms with van der Waals surface area (Å²) in [4.78, 5) is 20.1. The summed E-state index contributed by atoms with van der Waals surface area (Å²) >= 11 is 1.48. The van der Waals surface area contributed by atoms with Crippen LogP contribution in [0.4, 0.5) is 5.13 Å². The number of carbonyl (C=O) groups is 1. The predicted octanol–water partition coefficient (Wildman–Crippen LogP) is 2.12. The van der Waals surface area contributed by atoms with Crippen molar-refractivity contribution >= 4 is 22.6 Å². The number of nitrogens with zero attached hydrogens (tertiary/aromatic N) is 4. The fourth-order valence-corrected chi connectivity index (χ4v) is 3.43. The molecule has 1 saturated heterocycles. The summed E-state index contributed by atoms with van der Waals surface area (Å²) < 4.78 is 4.35. The van der Waals surface area contributed by atoms with E-state index in [2.05, 4.69) is 26.1 Å². The van der Waals surface area contributed by atoms with E-state index >= 15 is 0 Å². The molecule has 3 rings (SSSR count). The molecule has 1 aromatic carbocycles. The monoisotopic (exact) mass is 332 g/mol. The van der Waals surface area contributed by atoms with Gasteiger partial charge in [-0.05, 0) is 17.7 Å². The highest BCUT2D eigenvalue weighted by atomic mass is 32.1. The topological polar surface area (TPSA) is 69.6 Å². The Hall–Kier alpha value is -1.99. The molecular weight excluding hydrogens is 312 g/mol. The van der Waals surface area contributed by atoms with Crippen LogP contribution in [0.25, 0.3) is 0 Å². The Balaban J connectivity index is 1.53. The zero-order chi connectivity index (χ0) is 16.2. The Morgan fingerprint density at radius 3 is 2.48 bits per heavy atom. The van der Waals surface area contributed by atoms with E-state index in [1.54, 1.807) is 12.1 Å². The van der Waals surface area contributed by atoms with E-state index in [1.807, 2.05) is 12.1 Å². The molecule has 0 bridgehead atoms. The maximum atomic E-state index is 10.9. The number of hydrogen-bond donors (Lipinski definition) is 1. The molecule has 0 amide bonds. The Bertz CT molecular complexity index is 663. The second-order valence-corrected chi connectivity index (χ2v) is 6.34. The van der Waals surface area contributed by atoms with Crippen molar-refractivity contribution in [3.8, 4) is 0 Å². The van der Waals surface area contributed by atoms with Crippen LogP contribution in [-0.2, 0) is 13.0 Å². The van der Waals surface area contributed by atoms with Gasteiger partial charge in [-0.15, -0.1) is 0 Å². The van der Waals surface area contributed by atoms with Gasteiger partial charge in [-0.1, -0.05) is 19.1 Å². The van der Waals surface area contributed by atoms with E-state index in [4.69, 9.17) is 5.11 Å². The van der Waals surface area contributed by atoms with Gasteiger partial charge in [0.1, 0.15) is 5.82 Å². The summed E-state index contributed by atoms with van der Waals surface area (Å²) in [5, 5.41) is 9.95. The van der Waals surface area contributed by atoms with Crippen LogP contribution in [-0.4, -0.2) is 51.5 Å². The number of hydrogen-bond acceptors (Lipinski definition) is 6. The van der Waals surface area contributed by atoms with Crippen molar-refractivity contribution in [2.24, 2.45) is 0 Å². The van der Waals surface area contributed by atoms with E-state index in [9.17, 15) is 4.79 Å². The van der Waals surface area contributed by atoms with Gasteiger partial charge in [-0.2, -0.15) is 4.37 Å². The predicted molar refractivity (Wildman–Crippen MR) is 90.2 cm³/mol. The number of aryl methyl sites for hydroxylation is 1. The van der Waals surface area contributed by atoms with Crippen molar-refractivity contribution in [1.29, 1.82) is 0 Å². The molecule has 23 heavy (non-hydrogen) atoms. The first kappa shape index (κ1) is 15.9. The summed E-state index contributed by atoms with van der Waals surface area (Å²) in [6, 6.07) is 7.13. The average molecular weight is 332 g/mol. The van der Waals surface area contributed by atoms with Gasteiger partial charge in [-0.3, -0.25) is 4.90 Å².